The monoisotopic (exact) mass is 483 g/mol. The van der Waals surface area contributed by atoms with Crippen molar-refractivity contribution in [1.82, 2.24) is 5.16 Å². The molecule has 0 atom stereocenters. The molecule has 10 heteroatoms. The third-order valence-corrected chi connectivity index (χ3v) is 6.70. The van der Waals surface area contributed by atoms with Crippen LogP contribution in [0.1, 0.15) is 29.9 Å². The van der Waals surface area contributed by atoms with E-state index in [4.69, 9.17) is 14.0 Å². The molecular formula is C24H25N3O6S. The summed E-state index contributed by atoms with van der Waals surface area (Å²) in [5.41, 5.74) is 2.21. The third-order valence-electron chi connectivity index (χ3n) is 5.31. The summed E-state index contributed by atoms with van der Waals surface area (Å²) in [4.78, 5) is 12.2. The van der Waals surface area contributed by atoms with Crippen LogP contribution in [0.15, 0.2) is 51.9 Å². The molecule has 0 unspecified atom stereocenters. The predicted molar refractivity (Wildman–Crippen MR) is 128 cm³/mol. The van der Waals surface area contributed by atoms with E-state index in [9.17, 15) is 13.2 Å². The van der Waals surface area contributed by atoms with Gasteiger partial charge in [-0.2, -0.15) is 0 Å². The first kappa shape index (κ1) is 23.4. The fourth-order valence-corrected chi connectivity index (χ4v) is 4.27. The number of methoxy groups -OCH3 is 2. The number of anilines is 2. The van der Waals surface area contributed by atoms with Crippen molar-refractivity contribution in [3.8, 4) is 11.5 Å². The molecule has 0 saturated heterocycles. The zero-order valence-electron chi connectivity index (χ0n) is 19.0. The van der Waals surface area contributed by atoms with Gasteiger partial charge in [0.15, 0.2) is 5.76 Å². The Morgan fingerprint density at radius 1 is 1.06 bits per heavy atom. The largest absolute Gasteiger partial charge is 0.497 e. The van der Waals surface area contributed by atoms with Gasteiger partial charge in [0.1, 0.15) is 22.9 Å². The zero-order chi connectivity index (χ0) is 24.3. The second kappa shape index (κ2) is 9.60. The Kier molecular flexibility index (Phi) is 6.60. The van der Waals surface area contributed by atoms with Gasteiger partial charge in [-0.1, -0.05) is 23.4 Å². The highest BCUT2D eigenvalue weighted by molar-refractivity contribution is 7.92. The van der Waals surface area contributed by atoms with E-state index in [1.165, 1.54) is 26.4 Å². The molecule has 2 N–H and O–H groups in total. The van der Waals surface area contributed by atoms with Gasteiger partial charge in [-0.25, -0.2) is 8.42 Å². The molecule has 1 aliphatic rings. The number of hydrogen-bond donors (Lipinski definition) is 2. The summed E-state index contributed by atoms with van der Waals surface area (Å²) in [5.74, 6) is 1.39. The molecule has 1 saturated carbocycles. The first-order chi connectivity index (χ1) is 16.3. The van der Waals surface area contributed by atoms with Gasteiger partial charge in [-0.15, -0.1) is 0 Å². The Labute approximate surface area is 197 Å². The molecule has 1 fully saturated rings. The maximum absolute atomic E-state index is 12.8. The van der Waals surface area contributed by atoms with Crippen LogP contribution in [-0.2, 0) is 14.8 Å². The average Bonchev–Trinajstić information content (AvgIpc) is 3.63. The van der Waals surface area contributed by atoms with Crippen molar-refractivity contribution in [3.63, 3.8) is 0 Å². The Hall–Kier alpha value is -3.79. The first-order valence-corrected chi connectivity index (χ1v) is 12.1. The first-order valence-electron chi connectivity index (χ1n) is 10.6. The van der Waals surface area contributed by atoms with E-state index < -0.39 is 10.0 Å². The lowest BCUT2D eigenvalue weighted by Crippen LogP contribution is -2.14. The van der Waals surface area contributed by atoms with E-state index >= 15 is 0 Å². The summed E-state index contributed by atoms with van der Waals surface area (Å²) in [7, 11) is -0.849. The molecule has 0 bridgehead atoms. The summed E-state index contributed by atoms with van der Waals surface area (Å²) < 4.78 is 43.9. The summed E-state index contributed by atoms with van der Waals surface area (Å²) >= 11 is 0. The van der Waals surface area contributed by atoms with Crippen LogP contribution in [0, 0.1) is 12.8 Å². The molecule has 0 spiro atoms. The smallest absolute Gasteiger partial charge is 0.261 e. The van der Waals surface area contributed by atoms with Crippen molar-refractivity contribution in [1.29, 1.82) is 0 Å². The molecule has 1 aromatic heterocycles. The summed E-state index contributed by atoms with van der Waals surface area (Å²) in [6, 6.07) is 11.1. The standard InChI is InChI=1S/C24H25N3O6S/c1-15-23(25-24(28)17-7-8-17)22(33-26-15)11-6-16-4-9-21(10-5-16)34(29,30)27-18-12-19(31-2)14-20(13-18)32-3/h4-6,9-14,17,27H,7-8H2,1-3H3,(H,25,28). The van der Waals surface area contributed by atoms with Crippen LogP contribution in [0.4, 0.5) is 11.4 Å². The van der Waals surface area contributed by atoms with Gasteiger partial charge >= 0.3 is 0 Å². The molecule has 1 amide bonds. The maximum atomic E-state index is 12.8. The molecule has 1 heterocycles. The number of ether oxygens (including phenoxy) is 2. The van der Waals surface area contributed by atoms with Crippen molar-refractivity contribution in [2.24, 2.45) is 5.92 Å². The van der Waals surface area contributed by atoms with E-state index in [1.807, 2.05) is 0 Å². The summed E-state index contributed by atoms with van der Waals surface area (Å²) in [6.07, 6.45) is 5.24. The van der Waals surface area contributed by atoms with E-state index in [0.717, 1.165) is 18.4 Å². The van der Waals surface area contributed by atoms with Gasteiger partial charge in [-0.05, 0) is 43.5 Å². The van der Waals surface area contributed by atoms with Gasteiger partial charge in [0.05, 0.1) is 24.8 Å². The Morgan fingerprint density at radius 3 is 2.29 bits per heavy atom. The average molecular weight is 484 g/mol. The van der Waals surface area contributed by atoms with Gasteiger partial charge in [0.25, 0.3) is 10.0 Å². The predicted octanol–water partition coefficient (Wildman–Crippen LogP) is 4.32. The fourth-order valence-electron chi connectivity index (χ4n) is 3.23. The van der Waals surface area contributed by atoms with E-state index in [1.54, 1.807) is 49.4 Å². The van der Waals surface area contributed by atoms with Gasteiger partial charge in [-0.3, -0.25) is 9.52 Å². The summed E-state index contributed by atoms with van der Waals surface area (Å²) in [6.45, 7) is 1.76. The Morgan fingerprint density at radius 2 is 1.71 bits per heavy atom. The second-order valence-corrected chi connectivity index (χ2v) is 9.56. The molecule has 0 aliphatic heterocycles. The van der Waals surface area contributed by atoms with Crippen molar-refractivity contribution in [2.75, 3.05) is 24.3 Å². The maximum Gasteiger partial charge on any atom is 0.261 e. The molecule has 9 nitrogen and oxygen atoms in total. The number of carbonyl (C=O) groups is 1. The van der Waals surface area contributed by atoms with Crippen molar-refractivity contribution in [3.05, 3.63) is 59.5 Å². The minimum atomic E-state index is -3.83. The number of carbonyl (C=O) groups excluding carboxylic acids is 1. The van der Waals surface area contributed by atoms with E-state index in [2.05, 4.69) is 15.2 Å². The number of benzene rings is 2. The van der Waals surface area contributed by atoms with Crippen molar-refractivity contribution >= 4 is 39.5 Å². The van der Waals surface area contributed by atoms with Crippen LogP contribution >= 0.6 is 0 Å². The van der Waals surface area contributed by atoms with Crippen LogP contribution < -0.4 is 19.5 Å². The van der Waals surface area contributed by atoms with Crippen LogP contribution in [0.2, 0.25) is 0 Å². The van der Waals surface area contributed by atoms with E-state index in [0.29, 0.717) is 34.3 Å². The highest BCUT2D eigenvalue weighted by Crippen LogP contribution is 2.32. The van der Waals surface area contributed by atoms with Crippen LogP contribution in [0.5, 0.6) is 11.5 Å². The number of amides is 1. The number of hydrogen-bond acceptors (Lipinski definition) is 7. The fraction of sp³-hybridized carbons (Fsp3) is 0.250. The molecule has 4 rings (SSSR count). The molecule has 1 aliphatic carbocycles. The van der Waals surface area contributed by atoms with Gasteiger partial charge < -0.3 is 19.3 Å². The number of sulfonamides is 1. The lowest BCUT2D eigenvalue weighted by atomic mass is 10.2. The Bertz CT molecular complexity index is 1300. The number of nitrogens with zero attached hydrogens (tertiary/aromatic N) is 1. The lowest BCUT2D eigenvalue weighted by Gasteiger charge is -2.11. The number of aryl methyl sites for hydroxylation is 1. The molecule has 2 aromatic carbocycles. The Balaban J connectivity index is 1.48. The SMILES string of the molecule is COc1cc(NS(=O)(=O)c2ccc(C=Cc3onc(C)c3NC(=O)C3CC3)cc2)cc(OC)c1. The van der Waals surface area contributed by atoms with Crippen molar-refractivity contribution in [2.45, 2.75) is 24.7 Å². The number of aromatic nitrogens is 1. The normalized spacial score (nSPS) is 13.6. The molecule has 34 heavy (non-hydrogen) atoms. The third kappa shape index (κ3) is 5.40. The second-order valence-electron chi connectivity index (χ2n) is 7.88. The molecular weight excluding hydrogens is 458 g/mol. The number of nitrogens with one attached hydrogen (secondary N) is 2. The molecule has 3 aromatic rings. The van der Waals surface area contributed by atoms with E-state index in [-0.39, 0.29) is 16.7 Å². The van der Waals surface area contributed by atoms with Gasteiger partial charge in [0.2, 0.25) is 5.91 Å². The topological polar surface area (TPSA) is 120 Å². The molecule has 0 radical (unpaired) electrons. The minimum absolute atomic E-state index is 0.0309. The highest BCUT2D eigenvalue weighted by atomic mass is 32.2. The highest BCUT2D eigenvalue weighted by Gasteiger charge is 2.30. The quantitative estimate of drug-likeness (QED) is 0.465. The summed E-state index contributed by atoms with van der Waals surface area (Å²) in [5, 5.41) is 6.80. The zero-order valence-corrected chi connectivity index (χ0v) is 19.8. The van der Waals surface area contributed by atoms with Crippen LogP contribution in [-0.4, -0.2) is 33.7 Å². The van der Waals surface area contributed by atoms with Gasteiger partial charge in [0, 0.05) is 24.1 Å². The molecule has 178 valence electrons. The van der Waals surface area contributed by atoms with Crippen LogP contribution in [0.3, 0.4) is 0 Å². The minimum Gasteiger partial charge on any atom is -0.497 e. The lowest BCUT2D eigenvalue weighted by molar-refractivity contribution is -0.117. The number of rotatable bonds is 9. The van der Waals surface area contributed by atoms with Crippen LogP contribution in [0.25, 0.3) is 12.2 Å². The van der Waals surface area contributed by atoms with Crippen molar-refractivity contribution < 1.29 is 27.2 Å².